The van der Waals surface area contributed by atoms with E-state index in [0.29, 0.717) is 11.5 Å². The molecule has 7 heteroatoms. The third-order valence-electron chi connectivity index (χ3n) is 3.29. The second-order valence-electron chi connectivity index (χ2n) is 4.57. The molecule has 19 heavy (non-hydrogen) atoms. The summed E-state index contributed by atoms with van der Waals surface area (Å²) in [5.74, 6) is 1.04. The third-order valence-corrected chi connectivity index (χ3v) is 4.24. The van der Waals surface area contributed by atoms with Gasteiger partial charge < -0.3 is 10.6 Å². The number of piperazine rings is 1. The zero-order valence-electron chi connectivity index (χ0n) is 10.5. The normalized spacial score (nSPS) is 16.9. The Morgan fingerprint density at radius 3 is 2.84 bits per heavy atom. The van der Waals surface area contributed by atoms with E-state index in [9.17, 15) is 0 Å². The average Bonchev–Trinajstić information content (AvgIpc) is 2.87. The fraction of sp³-hybridized carbons (Fsp3) is 0.417. The number of hydrogen-bond donors (Lipinski definition) is 1. The molecule has 1 saturated heterocycles. The maximum atomic E-state index is 5.59. The Kier molecular flexibility index (Phi) is 3.58. The second kappa shape index (κ2) is 5.36. The van der Waals surface area contributed by atoms with Crippen LogP contribution in [0.5, 0.6) is 0 Å². The lowest BCUT2D eigenvalue weighted by molar-refractivity contribution is 0.292. The van der Waals surface area contributed by atoms with E-state index in [1.807, 2.05) is 0 Å². The van der Waals surface area contributed by atoms with Crippen LogP contribution in [-0.2, 0) is 0 Å². The first-order chi connectivity index (χ1) is 9.24. The number of fused-ring (bicyclic) bond motifs is 1. The van der Waals surface area contributed by atoms with E-state index in [0.717, 1.165) is 42.2 Å². The van der Waals surface area contributed by atoms with Crippen molar-refractivity contribution in [2.24, 2.45) is 5.73 Å². The van der Waals surface area contributed by atoms with E-state index >= 15 is 0 Å². The van der Waals surface area contributed by atoms with Gasteiger partial charge in [0.05, 0.1) is 10.4 Å². The number of anilines is 1. The molecule has 0 amide bonds. The highest BCUT2D eigenvalue weighted by Crippen LogP contribution is 2.27. The van der Waals surface area contributed by atoms with Crippen LogP contribution in [-0.4, -0.2) is 52.6 Å². The maximum Gasteiger partial charge on any atom is 0.140 e. The second-order valence-corrected chi connectivity index (χ2v) is 5.99. The van der Waals surface area contributed by atoms with Gasteiger partial charge in [-0.25, -0.2) is 9.97 Å². The average molecular weight is 293 g/mol. The van der Waals surface area contributed by atoms with E-state index in [4.69, 9.17) is 18.0 Å². The van der Waals surface area contributed by atoms with Crippen molar-refractivity contribution in [3.63, 3.8) is 0 Å². The Hall–Kier alpha value is -1.31. The molecule has 2 N–H and O–H groups in total. The van der Waals surface area contributed by atoms with E-state index < -0.39 is 0 Å². The molecule has 0 saturated carbocycles. The molecule has 2 aromatic rings. The van der Waals surface area contributed by atoms with Crippen LogP contribution in [0.15, 0.2) is 17.8 Å². The van der Waals surface area contributed by atoms with Gasteiger partial charge in [-0.2, -0.15) is 0 Å². The van der Waals surface area contributed by atoms with Crippen LogP contribution >= 0.6 is 23.6 Å². The van der Waals surface area contributed by atoms with Gasteiger partial charge in [0.2, 0.25) is 0 Å². The Labute approximate surface area is 121 Å². The van der Waals surface area contributed by atoms with Crippen molar-refractivity contribution in [3.8, 4) is 0 Å². The number of aromatic nitrogens is 2. The zero-order chi connectivity index (χ0) is 13.2. The molecule has 2 aromatic heterocycles. The molecular weight excluding hydrogens is 278 g/mol. The van der Waals surface area contributed by atoms with Crippen molar-refractivity contribution in [3.05, 3.63) is 17.8 Å². The molecule has 0 bridgehead atoms. The highest BCUT2D eigenvalue weighted by molar-refractivity contribution is 7.80. The first kappa shape index (κ1) is 12.7. The van der Waals surface area contributed by atoms with Gasteiger partial charge in [-0.1, -0.05) is 12.2 Å². The molecule has 3 rings (SSSR count). The van der Waals surface area contributed by atoms with Crippen LogP contribution in [0.3, 0.4) is 0 Å². The monoisotopic (exact) mass is 293 g/mol. The number of thiophene rings is 1. The molecule has 0 radical (unpaired) electrons. The minimum Gasteiger partial charge on any atom is -0.392 e. The molecule has 0 unspecified atom stereocenters. The van der Waals surface area contributed by atoms with Crippen LogP contribution < -0.4 is 10.6 Å². The van der Waals surface area contributed by atoms with Crippen LogP contribution in [0, 0.1) is 0 Å². The van der Waals surface area contributed by atoms with Crippen molar-refractivity contribution in [2.75, 3.05) is 37.6 Å². The predicted molar refractivity (Wildman–Crippen MR) is 82.9 cm³/mol. The summed E-state index contributed by atoms with van der Waals surface area (Å²) in [4.78, 5) is 14.9. The van der Waals surface area contributed by atoms with Crippen molar-refractivity contribution in [1.82, 2.24) is 14.9 Å². The van der Waals surface area contributed by atoms with Gasteiger partial charge in [-0.05, 0) is 11.4 Å². The number of nitrogens with two attached hydrogens (primary N) is 1. The number of thiocarbonyl (C=S) groups is 1. The van der Waals surface area contributed by atoms with Gasteiger partial charge in [-0.3, -0.25) is 4.90 Å². The molecule has 1 aliphatic heterocycles. The van der Waals surface area contributed by atoms with E-state index in [2.05, 4.69) is 31.2 Å². The van der Waals surface area contributed by atoms with E-state index in [-0.39, 0.29) is 0 Å². The summed E-state index contributed by atoms with van der Waals surface area (Å²) in [5, 5.41) is 3.21. The van der Waals surface area contributed by atoms with Crippen LogP contribution in [0.4, 0.5) is 5.82 Å². The summed E-state index contributed by atoms with van der Waals surface area (Å²) in [7, 11) is 0. The Bertz CT molecular complexity index is 589. The SMILES string of the molecule is NC(=S)CN1CCN(c2ncnc3sccc23)CC1. The molecule has 1 fully saturated rings. The molecule has 100 valence electrons. The van der Waals surface area contributed by atoms with Gasteiger partial charge in [0.25, 0.3) is 0 Å². The highest BCUT2D eigenvalue weighted by Gasteiger charge is 2.20. The quantitative estimate of drug-likeness (QED) is 0.855. The molecule has 0 spiro atoms. The van der Waals surface area contributed by atoms with Crippen molar-refractivity contribution >= 4 is 44.6 Å². The summed E-state index contributed by atoms with van der Waals surface area (Å²) >= 11 is 6.61. The fourth-order valence-electron chi connectivity index (χ4n) is 2.37. The molecule has 0 atom stereocenters. The van der Waals surface area contributed by atoms with E-state index in [1.54, 1.807) is 17.7 Å². The molecule has 3 heterocycles. The fourth-order valence-corrected chi connectivity index (χ4v) is 3.28. The van der Waals surface area contributed by atoms with Crippen molar-refractivity contribution < 1.29 is 0 Å². The number of nitrogens with zero attached hydrogens (tertiary/aromatic N) is 4. The third kappa shape index (κ3) is 2.68. The van der Waals surface area contributed by atoms with Crippen LogP contribution in [0.2, 0.25) is 0 Å². The maximum absolute atomic E-state index is 5.59. The van der Waals surface area contributed by atoms with Gasteiger partial charge in [0.1, 0.15) is 17.0 Å². The first-order valence-corrected chi connectivity index (χ1v) is 7.46. The minimum absolute atomic E-state index is 0.565. The summed E-state index contributed by atoms with van der Waals surface area (Å²) < 4.78 is 0. The largest absolute Gasteiger partial charge is 0.392 e. The van der Waals surface area contributed by atoms with Crippen LogP contribution in [0.1, 0.15) is 0 Å². The lowest BCUT2D eigenvalue weighted by atomic mass is 10.2. The Morgan fingerprint density at radius 1 is 1.32 bits per heavy atom. The molecule has 0 aliphatic carbocycles. The van der Waals surface area contributed by atoms with Gasteiger partial charge in [0, 0.05) is 32.7 Å². The summed E-state index contributed by atoms with van der Waals surface area (Å²) in [6.07, 6.45) is 1.65. The van der Waals surface area contributed by atoms with Gasteiger partial charge >= 0.3 is 0 Å². The first-order valence-electron chi connectivity index (χ1n) is 6.18. The number of hydrogen-bond acceptors (Lipinski definition) is 6. The molecule has 0 aromatic carbocycles. The topological polar surface area (TPSA) is 58.3 Å². The van der Waals surface area contributed by atoms with Crippen molar-refractivity contribution in [1.29, 1.82) is 0 Å². The Morgan fingerprint density at radius 2 is 2.11 bits per heavy atom. The molecule has 1 aliphatic rings. The minimum atomic E-state index is 0.565. The molecule has 5 nitrogen and oxygen atoms in total. The highest BCUT2D eigenvalue weighted by atomic mass is 32.1. The van der Waals surface area contributed by atoms with E-state index in [1.165, 1.54) is 0 Å². The number of rotatable bonds is 3. The van der Waals surface area contributed by atoms with Crippen molar-refractivity contribution in [2.45, 2.75) is 0 Å². The predicted octanol–water partition coefficient (Wildman–Crippen LogP) is 1.10. The summed E-state index contributed by atoms with van der Waals surface area (Å²) in [5.41, 5.74) is 5.59. The molecular formula is C12H15N5S2. The van der Waals surface area contributed by atoms with Gasteiger partial charge in [0.15, 0.2) is 0 Å². The van der Waals surface area contributed by atoms with Gasteiger partial charge in [-0.15, -0.1) is 11.3 Å². The summed E-state index contributed by atoms with van der Waals surface area (Å²) in [6, 6.07) is 2.09. The zero-order valence-corrected chi connectivity index (χ0v) is 12.1. The smallest absolute Gasteiger partial charge is 0.140 e. The van der Waals surface area contributed by atoms with Crippen LogP contribution in [0.25, 0.3) is 10.2 Å². The summed E-state index contributed by atoms with van der Waals surface area (Å²) in [6.45, 7) is 4.54. The standard InChI is InChI=1S/C12H15N5S2/c13-10(18)7-16-2-4-17(5-3-16)11-9-1-6-19-12(9)15-8-14-11/h1,6,8H,2-5,7H2,(H2,13,18). The lowest BCUT2D eigenvalue weighted by Gasteiger charge is -2.35. The Balaban J connectivity index is 1.75. The lowest BCUT2D eigenvalue weighted by Crippen LogP contribution is -2.48.